The number of carbonyl (C=O) groups is 1. The van der Waals surface area contributed by atoms with E-state index in [1.54, 1.807) is 5.06 Å². The molecule has 0 aromatic carbocycles. The molecule has 0 aromatic rings. The number of hydrogen-bond acceptors (Lipinski definition) is 3. The molecule has 13 heavy (non-hydrogen) atoms. The Balaban J connectivity index is 1.74. The summed E-state index contributed by atoms with van der Waals surface area (Å²) in [4.78, 5) is 17.2. The van der Waals surface area contributed by atoms with Gasteiger partial charge in [-0.2, -0.15) is 0 Å². The van der Waals surface area contributed by atoms with Crippen molar-refractivity contribution < 1.29 is 9.63 Å². The van der Waals surface area contributed by atoms with Gasteiger partial charge < -0.3 is 5.32 Å². The molecule has 3 aliphatic heterocycles. The molecular weight excluding hydrogens is 168 g/mol. The van der Waals surface area contributed by atoms with E-state index in [2.05, 4.69) is 5.32 Å². The van der Waals surface area contributed by atoms with Gasteiger partial charge in [0.2, 0.25) is 0 Å². The molecule has 4 aliphatic rings. The minimum absolute atomic E-state index is 0.166. The largest absolute Gasteiger partial charge is 0.303 e. The maximum absolute atomic E-state index is 11.9. The van der Waals surface area contributed by atoms with E-state index >= 15 is 0 Å². The number of hydrogen-bond donors (Lipinski definition) is 1. The molecule has 4 nitrogen and oxygen atoms in total. The Hall–Kier alpha value is -0.610. The highest BCUT2D eigenvalue weighted by molar-refractivity contribution is 5.87. The van der Waals surface area contributed by atoms with E-state index in [0.717, 1.165) is 38.3 Å². The van der Waals surface area contributed by atoms with Gasteiger partial charge in [-0.05, 0) is 31.7 Å². The van der Waals surface area contributed by atoms with Crippen molar-refractivity contribution in [3.63, 3.8) is 0 Å². The van der Waals surface area contributed by atoms with Gasteiger partial charge in [0.1, 0.15) is 5.54 Å². The first-order valence-electron chi connectivity index (χ1n) is 5.00. The number of carbonyl (C=O) groups excluding carboxylic acids is 1. The second-order valence-electron chi connectivity index (χ2n) is 4.33. The molecule has 72 valence electrons. The van der Waals surface area contributed by atoms with Crippen LogP contribution in [0.15, 0.2) is 0 Å². The molecular formula is C9H14N2O2. The Labute approximate surface area is 77.2 Å². The lowest BCUT2D eigenvalue weighted by molar-refractivity contribution is -0.178. The number of nitrogens with zero attached hydrogens (tertiary/aromatic N) is 1. The second-order valence-corrected chi connectivity index (χ2v) is 4.33. The number of hydroxylamine groups is 2. The lowest BCUT2D eigenvalue weighted by Gasteiger charge is -2.37. The monoisotopic (exact) mass is 182 g/mol. The van der Waals surface area contributed by atoms with Crippen LogP contribution >= 0.6 is 0 Å². The first kappa shape index (κ1) is 7.76. The van der Waals surface area contributed by atoms with Gasteiger partial charge in [-0.15, -0.1) is 0 Å². The molecule has 0 spiro atoms. The average molecular weight is 182 g/mol. The Bertz CT molecular complexity index is 236. The van der Waals surface area contributed by atoms with Crippen LogP contribution in [0.4, 0.5) is 0 Å². The van der Waals surface area contributed by atoms with E-state index in [4.69, 9.17) is 4.84 Å². The van der Waals surface area contributed by atoms with E-state index in [1.807, 2.05) is 0 Å². The van der Waals surface area contributed by atoms with Gasteiger partial charge in [0.15, 0.2) is 0 Å². The molecule has 4 heteroatoms. The maximum Gasteiger partial charge on any atom is 0.266 e. The highest BCUT2D eigenvalue weighted by Gasteiger charge is 2.57. The van der Waals surface area contributed by atoms with Crippen molar-refractivity contribution in [2.45, 2.75) is 24.8 Å². The van der Waals surface area contributed by atoms with Gasteiger partial charge >= 0.3 is 0 Å². The Morgan fingerprint density at radius 2 is 2.38 bits per heavy atom. The van der Waals surface area contributed by atoms with E-state index in [-0.39, 0.29) is 11.4 Å². The normalized spacial score (nSPS) is 42.2. The van der Waals surface area contributed by atoms with Crippen molar-refractivity contribution in [1.29, 1.82) is 0 Å². The second kappa shape index (κ2) is 2.45. The molecule has 0 unspecified atom stereocenters. The average Bonchev–Trinajstić information content (AvgIpc) is 2.78. The zero-order chi connectivity index (χ0) is 8.89. The van der Waals surface area contributed by atoms with Gasteiger partial charge in [0.05, 0.1) is 13.2 Å². The van der Waals surface area contributed by atoms with Crippen molar-refractivity contribution in [3.8, 4) is 0 Å². The standard InChI is InChI=1S/C9H14N2O2/c12-8(11-2-1-3-13-11)9-4-7(5-9)6-10-9/h7,10H,1-6H2. The summed E-state index contributed by atoms with van der Waals surface area (Å²) in [6.45, 7) is 2.48. The minimum Gasteiger partial charge on any atom is -0.303 e. The van der Waals surface area contributed by atoms with Crippen molar-refractivity contribution in [3.05, 3.63) is 0 Å². The summed E-state index contributed by atoms with van der Waals surface area (Å²) < 4.78 is 0. The highest BCUT2D eigenvalue weighted by Crippen LogP contribution is 2.44. The Kier molecular flexibility index (Phi) is 1.46. The number of fused-ring (bicyclic) bond motifs is 1. The SMILES string of the molecule is O=C(N1CCCO1)C12CC(CN1)C2. The van der Waals surface area contributed by atoms with Crippen LogP contribution in [0.5, 0.6) is 0 Å². The Morgan fingerprint density at radius 3 is 2.92 bits per heavy atom. The number of rotatable bonds is 1. The van der Waals surface area contributed by atoms with Crippen molar-refractivity contribution >= 4 is 5.91 Å². The first-order valence-corrected chi connectivity index (χ1v) is 5.00. The van der Waals surface area contributed by atoms with Crippen LogP contribution in [-0.2, 0) is 9.63 Å². The first-order chi connectivity index (χ1) is 6.30. The molecule has 0 aromatic heterocycles. The molecule has 1 aliphatic carbocycles. The van der Waals surface area contributed by atoms with E-state index < -0.39 is 0 Å². The Morgan fingerprint density at radius 1 is 1.54 bits per heavy atom. The summed E-state index contributed by atoms with van der Waals surface area (Å²) in [6.07, 6.45) is 3.02. The van der Waals surface area contributed by atoms with Gasteiger partial charge in [0.25, 0.3) is 5.91 Å². The number of amides is 1. The van der Waals surface area contributed by atoms with Crippen molar-refractivity contribution in [2.75, 3.05) is 19.7 Å². The molecule has 3 heterocycles. The highest BCUT2D eigenvalue weighted by atomic mass is 16.7. The van der Waals surface area contributed by atoms with Crippen LogP contribution in [0, 0.1) is 5.92 Å². The predicted molar refractivity (Wildman–Crippen MR) is 45.7 cm³/mol. The fraction of sp³-hybridized carbons (Fsp3) is 0.889. The molecule has 2 bridgehead atoms. The topological polar surface area (TPSA) is 41.6 Å². The van der Waals surface area contributed by atoms with Crippen LogP contribution in [0.2, 0.25) is 0 Å². The van der Waals surface area contributed by atoms with E-state index in [1.165, 1.54) is 0 Å². The molecule has 0 atom stereocenters. The van der Waals surface area contributed by atoms with E-state index in [0.29, 0.717) is 6.61 Å². The van der Waals surface area contributed by atoms with Gasteiger partial charge in [-0.3, -0.25) is 9.63 Å². The van der Waals surface area contributed by atoms with Crippen LogP contribution in [0.25, 0.3) is 0 Å². The summed E-state index contributed by atoms with van der Waals surface area (Å²) in [5, 5.41) is 4.86. The third kappa shape index (κ3) is 0.957. The molecule has 1 saturated carbocycles. The molecule has 4 fully saturated rings. The lowest BCUT2D eigenvalue weighted by Crippen LogP contribution is -2.56. The minimum atomic E-state index is -0.227. The number of nitrogens with one attached hydrogen (secondary N) is 1. The quantitative estimate of drug-likeness (QED) is 0.616. The zero-order valence-corrected chi connectivity index (χ0v) is 7.58. The fourth-order valence-corrected chi connectivity index (χ4v) is 2.65. The third-order valence-electron chi connectivity index (χ3n) is 3.39. The molecule has 3 saturated heterocycles. The fourth-order valence-electron chi connectivity index (χ4n) is 2.65. The zero-order valence-electron chi connectivity index (χ0n) is 7.58. The van der Waals surface area contributed by atoms with Gasteiger partial charge in [-0.1, -0.05) is 0 Å². The summed E-state index contributed by atoms with van der Waals surface area (Å²) >= 11 is 0. The van der Waals surface area contributed by atoms with Crippen LogP contribution in [-0.4, -0.2) is 36.2 Å². The third-order valence-corrected chi connectivity index (χ3v) is 3.39. The molecule has 4 rings (SSSR count). The summed E-state index contributed by atoms with van der Waals surface area (Å²) in [5.41, 5.74) is -0.227. The van der Waals surface area contributed by atoms with E-state index in [9.17, 15) is 4.79 Å². The summed E-state index contributed by atoms with van der Waals surface area (Å²) in [6, 6.07) is 0. The van der Waals surface area contributed by atoms with Gasteiger partial charge in [0, 0.05) is 0 Å². The maximum atomic E-state index is 11.9. The van der Waals surface area contributed by atoms with Crippen LogP contribution in [0.3, 0.4) is 0 Å². The van der Waals surface area contributed by atoms with Crippen molar-refractivity contribution in [2.24, 2.45) is 5.92 Å². The predicted octanol–water partition coefficient (Wildman–Crippen LogP) is -0.0977. The van der Waals surface area contributed by atoms with Crippen LogP contribution < -0.4 is 5.32 Å². The summed E-state index contributed by atoms with van der Waals surface area (Å²) in [7, 11) is 0. The van der Waals surface area contributed by atoms with Gasteiger partial charge in [-0.25, -0.2) is 5.06 Å². The lowest BCUT2D eigenvalue weighted by atomic mass is 9.73. The summed E-state index contributed by atoms with van der Waals surface area (Å²) in [5.74, 6) is 0.908. The molecule has 0 radical (unpaired) electrons. The smallest absolute Gasteiger partial charge is 0.266 e. The molecule has 1 amide bonds. The van der Waals surface area contributed by atoms with Crippen LogP contribution in [0.1, 0.15) is 19.3 Å². The molecule has 1 N–H and O–H groups in total. The van der Waals surface area contributed by atoms with Crippen molar-refractivity contribution in [1.82, 2.24) is 10.4 Å².